The Morgan fingerprint density at radius 3 is 1.60 bits per heavy atom. The highest BCUT2D eigenvalue weighted by Crippen LogP contribution is 2.23. The van der Waals surface area contributed by atoms with Crippen LogP contribution in [0.25, 0.3) is 0 Å². The number of fused-ring (bicyclic) bond motifs is 2. The van der Waals surface area contributed by atoms with Crippen molar-refractivity contribution in [3.8, 4) is 0 Å². The Morgan fingerprint density at radius 2 is 1.09 bits per heavy atom. The van der Waals surface area contributed by atoms with Crippen molar-refractivity contribution in [1.29, 1.82) is 0 Å². The molecule has 3 aliphatic heterocycles. The van der Waals surface area contributed by atoms with Crippen molar-refractivity contribution in [3.05, 3.63) is 69.8 Å². The molecule has 5 rings (SSSR count). The molecule has 3 heterocycles. The summed E-state index contributed by atoms with van der Waals surface area (Å²) in [6.07, 6.45) is 0. The number of nitrogens with one attached hydrogen (secondary N) is 3. The number of ether oxygens (including phenoxy) is 2. The second-order valence-electron chi connectivity index (χ2n) is 8.79. The molecule has 14 nitrogen and oxygen atoms in total. The van der Waals surface area contributed by atoms with Gasteiger partial charge in [-0.25, -0.2) is 9.59 Å². The third-order valence-corrected chi connectivity index (χ3v) is 6.33. The lowest BCUT2D eigenvalue weighted by Gasteiger charge is -2.28. The van der Waals surface area contributed by atoms with Gasteiger partial charge in [-0.3, -0.25) is 39.0 Å². The fourth-order valence-corrected chi connectivity index (χ4v) is 4.18. The normalized spacial score (nSPS) is 18.1. The summed E-state index contributed by atoms with van der Waals surface area (Å²) in [7, 11) is 1.32. The van der Waals surface area contributed by atoms with E-state index in [0.717, 1.165) is 4.90 Å². The standard InChI is InChI=1S/C25H18N4O10.2C2H6.2H2/c1-29-22(34)13-5-3-11(7-15(13)23(29)35)25(37)39-9-17-21(33)26-16(20(32)27-17)8-38-24(36)10-2-4-12-14(6-10)19(31)28-18(12)30;2*1-2;;/h2-7,16-17H,8-9H2,1H3,(H,26,33)(H,27,32)(H,28,30,31);2*1-2H3;2*1H. The summed E-state index contributed by atoms with van der Waals surface area (Å²) in [5, 5.41) is 6.85. The second-order valence-corrected chi connectivity index (χ2v) is 8.79. The largest absolute Gasteiger partial charge is 0.459 e. The summed E-state index contributed by atoms with van der Waals surface area (Å²) < 4.78 is 10.2. The van der Waals surface area contributed by atoms with Crippen molar-refractivity contribution < 1.29 is 50.7 Å². The summed E-state index contributed by atoms with van der Waals surface area (Å²) in [5.41, 5.74) is 0.287. The van der Waals surface area contributed by atoms with Crippen molar-refractivity contribution >= 4 is 47.4 Å². The minimum absolute atomic E-state index is 0. The van der Waals surface area contributed by atoms with E-state index < -0.39 is 72.7 Å². The van der Waals surface area contributed by atoms with Gasteiger partial charge in [-0.1, -0.05) is 27.7 Å². The van der Waals surface area contributed by atoms with E-state index in [-0.39, 0.29) is 36.2 Å². The molecule has 0 saturated carbocycles. The number of carbonyl (C=O) groups excluding carboxylic acids is 8. The molecule has 6 amide bonds. The van der Waals surface area contributed by atoms with Crippen LogP contribution in [0.3, 0.4) is 0 Å². The maximum Gasteiger partial charge on any atom is 0.338 e. The topological polar surface area (TPSA) is 194 Å². The fourth-order valence-electron chi connectivity index (χ4n) is 4.18. The van der Waals surface area contributed by atoms with Gasteiger partial charge in [0.05, 0.1) is 33.4 Å². The van der Waals surface area contributed by atoms with E-state index in [2.05, 4.69) is 16.0 Å². The molecule has 0 aliphatic carbocycles. The van der Waals surface area contributed by atoms with Gasteiger partial charge in [0.15, 0.2) is 0 Å². The van der Waals surface area contributed by atoms with E-state index in [0.29, 0.717) is 0 Å². The molecule has 2 atom stereocenters. The van der Waals surface area contributed by atoms with Gasteiger partial charge in [0.1, 0.15) is 25.3 Å². The molecule has 2 aromatic rings. The number of benzene rings is 2. The Labute approximate surface area is 249 Å². The minimum Gasteiger partial charge on any atom is -0.459 e. The lowest BCUT2D eigenvalue weighted by Crippen LogP contribution is -2.64. The van der Waals surface area contributed by atoms with Gasteiger partial charge in [0.2, 0.25) is 11.8 Å². The summed E-state index contributed by atoms with van der Waals surface area (Å²) in [6, 6.07) is 5.16. The summed E-state index contributed by atoms with van der Waals surface area (Å²) >= 11 is 0. The van der Waals surface area contributed by atoms with Crippen molar-refractivity contribution in [2.24, 2.45) is 0 Å². The van der Waals surface area contributed by atoms with Gasteiger partial charge in [-0.05, 0) is 36.4 Å². The van der Waals surface area contributed by atoms with Crippen LogP contribution in [0.15, 0.2) is 36.4 Å². The molecule has 0 radical (unpaired) electrons. The number of hydrogen-bond donors (Lipinski definition) is 3. The summed E-state index contributed by atoms with van der Waals surface area (Å²) in [4.78, 5) is 98.2. The lowest BCUT2D eigenvalue weighted by atomic mass is 10.1. The zero-order chi connectivity index (χ0) is 32.0. The first-order chi connectivity index (χ1) is 20.5. The molecule has 1 fully saturated rings. The zero-order valence-corrected chi connectivity index (χ0v) is 24.1. The molecule has 3 aliphatic rings. The van der Waals surface area contributed by atoms with Crippen molar-refractivity contribution in [3.63, 3.8) is 0 Å². The van der Waals surface area contributed by atoms with Crippen LogP contribution >= 0.6 is 0 Å². The van der Waals surface area contributed by atoms with E-state index in [9.17, 15) is 38.4 Å². The van der Waals surface area contributed by atoms with E-state index >= 15 is 0 Å². The van der Waals surface area contributed by atoms with Gasteiger partial charge in [0.25, 0.3) is 23.6 Å². The lowest BCUT2D eigenvalue weighted by molar-refractivity contribution is -0.138. The van der Waals surface area contributed by atoms with E-state index in [1.807, 2.05) is 27.7 Å². The van der Waals surface area contributed by atoms with E-state index in [1.165, 1.54) is 43.4 Å². The van der Waals surface area contributed by atoms with Crippen LogP contribution in [0.5, 0.6) is 0 Å². The number of rotatable bonds is 6. The zero-order valence-electron chi connectivity index (χ0n) is 24.1. The van der Waals surface area contributed by atoms with Gasteiger partial charge in [0, 0.05) is 9.90 Å². The number of hydrogen-bond acceptors (Lipinski definition) is 10. The third kappa shape index (κ3) is 6.42. The SMILES string of the molecule is CC.CC.CN1C(=O)c2ccc(C(=O)OCC3NC(=O)C(COC(=O)c4ccc5c(c4)C(=O)NC5=O)NC3=O)cc2C1=O.[HH].[HH]. The highest BCUT2D eigenvalue weighted by molar-refractivity contribution is 6.22. The van der Waals surface area contributed by atoms with E-state index in [4.69, 9.17) is 9.47 Å². The maximum absolute atomic E-state index is 12.5. The molecule has 43 heavy (non-hydrogen) atoms. The fraction of sp³-hybridized carbons (Fsp3) is 0.310. The third-order valence-electron chi connectivity index (χ3n) is 6.33. The van der Waals surface area contributed by atoms with Crippen molar-refractivity contribution in [2.75, 3.05) is 20.3 Å². The Morgan fingerprint density at radius 1 is 0.674 bits per heavy atom. The minimum atomic E-state index is -1.23. The van der Waals surface area contributed by atoms with Crippen LogP contribution in [0.4, 0.5) is 0 Å². The quantitative estimate of drug-likeness (QED) is 0.323. The van der Waals surface area contributed by atoms with Gasteiger partial charge in [-0.15, -0.1) is 0 Å². The average molecular weight is 599 g/mol. The number of nitrogens with zero attached hydrogens (tertiary/aromatic N) is 1. The Bertz CT molecular complexity index is 1540. The Kier molecular flexibility index (Phi) is 10.1. The summed E-state index contributed by atoms with van der Waals surface area (Å²) in [5.74, 6) is -5.45. The van der Waals surface area contributed by atoms with Gasteiger partial charge in [-0.2, -0.15) is 0 Å². The monoisotopic (exact) mass is 598 g/mol. The Balaban J connectivity index is 0.00000162. The number of esters is 2. The molecule has 230 valence electrons. The molecule has 3 N–H and O–H groups in total. The van der Waals surface area contributed by atoms with Crippen LogP contribution in [-0.4, -0.2) is 84.6 Å². The molecule has 1 saturated heterocycles. The second kappa shape index (κ2) is 13.5. The highest BCUT2D eigenvalue weighted by Gasteiger charge is 2.36. The predicted molar refractivity (Wildman–Crippen MR) is 152 cm³/mol. The van der Waals surface area contributed by atoms with Gasteiger partial charge >= 0.3 is 11.9 Å². The smallest absolute Gasteiger partial charge is 0.338 e. The molecule has 14 heteroatoms. The highest BCUT2D eigenvalue weighted by atomic mass is 16.5. The van der Waals surface area contributed by atoms with Crippen molar-refractivity contribution in [2.45, 2.75) is 39.8 Å². The van der Waals surface area contributed by atoms with Crippen LogP contribution < -0.4 is 16.0 Å². The molecular weight excluding hydrogens is 564 g/mol. The van der Waals surface area contributed by atoms with Gasteiger partial charge < -0.3 is 20.1 Å². The number of piperazine rings is 1. The number of amides is 6. The Hall–Kier alpha value is -5.40. The first kappa shape index (κ1) is 32.1. The molecule has 0 spiro atoms. The first-order valence-electron chi connectivity index (χ1n) is 13.5. The molecule has 2 unspecified atom stereocenters. The van der Waals surface area contributed by atoms with E-state index in [1.54, 1.807) is 0 Å². The van der Waals surface area contributed by atoms with Crippen LogP contribution in [0.2, 0.25) is 0 Å². The summed E-state index contributed by atoms with van der Waals surface area (Å²) in [6.45, 7) is 6.95. The molecular formula is C29H34N4O10. The number of imide groups is 2. The number of carbonyl (C=O) groups is 8. The first-order valence-corrected chi connectivity index (χ1v) is 13.5. The van der Waals surface area contributed by atoms with Crippen LogP contribution in [0.1, 0.15) is 92.7 Å². The average Bonchev–Trinajstić information content (AvgIpc) is 3.43. The maximum atomic E-state index is 12.5. The molecule has 0 bridgehead atoms. The van der Waals surface area contributed by atoms with Crippen LogP contribution in [0, 0.1) is 0 Å². The molecule has 0 aromatic heterocycles. The molecule has 2 aromatic carbocycles. The van der Waals surface area contributed by atoms with Crippen molar-refractivity contribution in [1.82, 2.24) is 20.9 Å². The predicted octanol–water partition coefficient (Wildman–Crippen LogP) is 1.34. The van der Waals surface area contributed by atoms with Crippen LogP contribution in [-0.2, 0) is 19.1 Å².